The van der Waals surface area contributed by atoms with Gasteiger partial charge in [-0.15, -0.1) is 0 Å². The lowest BCUT2D eigenvalue weighted by atomic mass is 10.1. The minimum Gasteiger partial charge on any atom is -0.389 e. The second-order valence-corrected chi connectivity index (χ2v) is 4.84. The zero-order valence-electron chi connectivity index (χ0n) is 10.2. The molecule has 6 heteroatoms. The van der Waals surface area contributed by atoms with Gasteiger partial charge in [0, 0.05) is 24.0 Å². The van der Waals surface area contributed by atoms with Crippen LogP contribution in [0.2, 0.25) is 0 Å². The first-order chi connectivity index (χ1) is 8.99. The number of hydrogen-bond acceptors (Lipinski definition) is 3. The van der Waals surface area contributed by atoms with Crippen LogP contribution in [0.3, 0.4) is 0 Å². The van der Waals surface area contributed by atoms with Crippen LogP contribution >= 0.6 is 12.2 Å². The number of thiocarbonyl (C=S) groups is 1. The monoisotopic (exact) mass is 280 g/mol. The van der Waals surface area contributed by atoms with Crippen LogP contribution in [0.15, 0.2) is 18.2 Å². The first-order valence-corrected chi connectivity index (χ1v) is 6.31. The molecule has 1 aliphatic heterocycles. The van der Waals surface area contributed by atoms with Gasteiger partial charge in [-0.1, -0.05) is 24.4 Å². The highest BCUT2D eigenvalue weighted by Gasteiger charge is 2.26. The Bertz CT molecular complexity index is 544. The summed E-state index contributed by atoms with van der Waals surface area (Å²) in [6, 6.07) is 4.30. The third kappa shape index (κ3) is 2.96. The zero-order valence-corrected chi connectivity index (χ0v) is 11.0. The van der Waals surface area contributed by atoms with Crippen molar-refractivity contribution >= 4 is 29.0 Å². The van der Waals surface area contributed by atoms with Crippen LogP contribution in [0.1, 0.15) is 30.4 Å². The van der Waals surface area contributed by atoms with E-state index >= 15 is 0 Å². The Morgan fingerprint density at radius 2 is 1.95 bits per heavy atom. The maximum atomic E-state index is 13.9. The van der Waals surface area contributed by atoms with Crippen LogP contribution in [0, 0.1) is 5.82 Å². The predicted octanol–water partition coefficient (Wildman–Crippen LogP) is 1.50. The van der Waals surface area contributed by atoms with E-state index in [1.165, 1.54) is 12.1 Å². The number of nitrogens with zero attached hydrogens (tertiary/aromatic N) is 1. The minimum absolute atomic E-state index is 0.0406. The SMILES string of the molecule is NC(=S)c1ccc(CN2C(=O)CCCC2=O)c(F)c1. The Morgan fingerprint density at radius 3 is 2.47 bits per heavy atom. The summed E-state index contributed by atoms with van der Waals surface area (Å²) in [7, 11) is 0. The van der Waals surface area contributed by atoms with Gasteiger partial charge in [-0.2, -0.15) is 0 Å². The summed E-state index contributed by atoms with van der Waals surface area (Å²) in [6.07, 6.45) is 1.23. The van der Waals surface area contributed by atoms with Gasteiger partial charge in [-0.05, 0) is 12.5 Å². The lowest BCUT2D eigenvalue weighted by Crippen LogP contribution is -2.39. The van der Waals surface area contributed by atoms with Crippen molar-refractivity contribution in [3.63, 3.8) is 0 Å². The molecule has 2 rings (SSSR count). The summed E-state index contributed by atoms with van der Waals surface area (Å²) in [5.41, 5.74) is 6.11. The van der Waals surface area contributed by atoms with E-state index in [4.69, 9.17) is 18.0 Å². The topological polar surface area (TPSA) is 63.4 Å². The Kier molecular flexibility index (Phi) is 3.90. The summed E-state index contributed by atoms with van der Waals surface area (Å²) in [6.45, 7) is -0.0406. The Labute approximate surface area is 115 Å². The number of imide groups is 1. The fourth-order valence-electron chi connectivity index (χ4n) is 1.98. The predicted molar refractivity (Wildman–Crippen MR) is 71.7 cm³/mol. The van der Waals surface area contributed by atoms with Crippen molar-refractivity contribution < 1.29 is 14.0 Å². The summed E-state index contributed by atoms with van der Waals surface area (Å²) in [5.74, 6) is -1.03. The molecule has 1 saturated heterocycles. The molecular formula is C13H13FN2O2S. The lowest BCUT2D eigenvalue weighted by molar-refractivity contribution is -0.148. The second kappa shape index (κ2) is 5.44. The van der Waals surface area contributed by atoms with Crippen molar-refractivity contribution in [2.24, 2.45) is 5.73 Å². The van der Waals surface area contributed by atoms with Gasteiger partial charge in [0.1, 0.15) is 10.8 Å². The lowest BCUT2D eigenvalue weighted by Gasteiger charge is -2.25. The molecule has 1 heterocycles. The van der Waals surface area contributed by atoms with Crippen LogP contribution in [0.4, 0.5) is 4.39 Å². The summed E-state index contributed by atoms with van der Waals surface area (Å²) in [5, 5.41) is 0. The van der Waals surface area contributed by atoms with Crippen molar-refractivity contribution in [3.05, 3.63) is 35.1 Å². The highest BCUT2D eigenvalue weighted by Crippen LogP contribution is 2.18. The molecule has 0 aliphatic carbocycles. The van der Waals surface area contributed by atoms with Gasteiger partial charge in [0.25, 0.3) is 0 Å². The van der Waals surface area contributed by atoms with Gasteiger partial charge in [0.2, 0.25) is 11.8 Å². The van der Waals surface area contributed by atoms with E-state index in [0.717, 1.165) is 4.90 Å². The maximum absolute atomic E-state index is 13.9. The highest BCUT2D eigenvalue weighted by atomic mass is 32.1. The summed E-state index contributed by atoms with van der Waals surface area (Å²) >= 11 is 4.76. The molecule has 0 aromatic heterocycles. The van der Waals surface area contributed by atoms with Crippen molar-refractivity contribution in [1.82, 2.24) is 4.90 Å². The second-order valence-electron chi connectivity index (χ2n) is 4.40. The van der Waals surface area contributed by atoms with Gasteiger partial charge in [-0.25, -0.2) is 4.39 Å². The van der Waals surface area contributed by atoms with Crippen molar-refractivity contribution in [2.75, 3.05) is 0 Å². The van der Waals surface area contributed by atoms with Crippen LogP contribution in [-0.4, -0.2) is 21.7 Å². The van der Waals surface area contributed by atoms with Crippen molar-refractivity contribution in [2.45, 2.75) is 25.8 Å². The van der Waals surface area contributed by atoms with Gasteiger partial charge in [0.15, 0.2) is 0 Å². The number of hydrogen-bond donors (Lipinski definition) is 1. The molecule has 19 heavy (non-hydrogen) atoms. The molecule has 4 nitrogen and oxygen atoms in total. The largest absolute Gasteiger partial charge is 0.389 e. The fraction of sp³-hybridized carbons (Fsp3) is 0.308. The molecule has 2 N–H and O–H groups in total. The molecule has 0 bridgehead atoms. The van der Waals surface area contributed by atoms with E-state index < -0.39 is 5.82 Å². The number of carbonyl (C=O) groups excluding carboxylic acids is 2. The number of carbonyl (C=O) groups is 2. The molecule has 0 radical (unpaired) electrons. The normalized spacial score (nSPS) is 15.7. The number of nitrogens with two attached hydrogens (primary N) is 1. The molecule has 0 spiro atoms. The van der Waals surface area contributed by atoms with Crippen molar-refractivity contribution in [1.29, 1.82) is 0 Å². The fourth-order valence-corrected chi connectivity index (χ4v) is 2.10. The van der Waals surface area contributed by atoms with Crippen LogP contribution in [-0.2, 0) is 16.1 Å². The first-order valence-electron chi connectivity index (χ1n) is 5.90. The van der Waals surface area contributed by atoms with E-state index in [1.54, 1.807) is 6.07 Å². The smallest absolute Gasteiger partial charge is 0.229 e. The summed E-state index contributed by atoms with van der Waals surface area (Å²) in [4.78, 5) is 24.5. The summed E-state index contributed by atoms with van der Waals surface area (Å²) < 4.78 is 13.9. The third-order valence-electron chi connectivity index (χ3n) is 3.05. The average molecular weight is 280 g/mol. The zero-order chi connectivity index (χ0) is 14.0. The number of halogens is 1. The van der Waals surface area contributed by atoms with Gasteiger partial charge in [-0.3, -0.25) is 14.5 Å². The van der Waals surface area contributed by atoms with Crippen LogP contribution < -0.4 is 5.73 Å². The molecule has 0 saturated carbocycles. The molecule has 2 amide bonds. The average Bonchev–Trinajstić information content (AvgIpc) is 2.35. The van der Waals surface area contributed by atoms with Crippen LogP contribution in [0.25, 0.3) is 0 Å². The number of amides is 2. The van der Waals surface area contributed by atoms with Crippen molar-refractivity contribution in [3.8, 4) is 0 Å². The highest BCUT2D eigenvalue weighted by molar-refractivity contribution is 7.80. The Balaban J connectivity index is 2.21. The number of rotatable bonds is 3. The molecule has 1 aromatic rings. The van der Waals surface area contributed by atoms with E-state index in [9.17, 15) is 14.0 Å². The van der Waals surface area contributed by atoms with E-state index in [0.29, 0.717) is 24.8 Å². The van der Waals surface area contributed by atoms with Gasteiger partial charge in [0.05, 0.1) is 6.54 Å². The molecule has 1 aliphatic rings. The molecular weight excluding hydrogens is 267 g/mol. The Hall–Kier alpha value is -1.82. The van der Waals surface area contributed by atoms with E-state index in [-0.39, 0.29) is 28.9 Å². The maximum Gasteiger partial charge on any atom is 0.229 e. The van der Waals surface area contributed by atoms with Gasteiger partial charge < -0.3 is 5.73 Å². The molecule has 0 unspecified atom stereocenters. The standard InChI is InChI=1S/C13H13FN2O2S/c14-10-6-8(13(15)19)4-5-9(10)7-16-11(17)2-1-3-12(16)18/h4-6H,1-3,7H2,(H2,15,19). The quantitative estimate of drug-likeness (QED) is 0.673. The number of likely N-dealkylation sites (tertiary alicyclic amines) is 1. The Morgan fingerprint density at radius 1 is 1.32 bits per heavy atom. The molecule has 1 aromatic carbocycles. The third-order valence-corrected chi connectivity index (χ3v) is 3.29. The number of piperidine rings is 1. The molecule has 0 atom stereocenters. The van der Waals surface area contributed by atoms with Gasteiger partial charge >= 0.3 is 0 Å². The van der Waals surface area contributed by atoms with E-state index in [1.807, 2.05) is 0 Å². The first kappa shape index (κ1) is 13.6. The van der Waals surface area contributed by atoms with Crippen LogP contribution in [0.5, 0.6) is 0 Å². The molecule has 100 valence electrons. The number of benzene rings is 1. The minimum atomic E-state index is -0.517. The molecule has 1 fully saturated rings. The van der Waals surface area contributed by atoms with E-state index in [2.05, 4.69) is 0 Å².